The molecule has 1 aliphatic carbocycles. The maximum absolute atomic E-state index is 14.3. The maximum Gasteiger partial charge on any atom is 0.319 e. The lowest BCUT2D eigenvalue weighted by atomic mass is 9.96. The molecule has 2 aromatic rings. The van der Waals surface area contributed by atoms with Crippen molar-refractivity contribution in [3.8, 4) is 5.75 Å². The number of nitrogens with one attached hydrogen (secondary N) is 2. The van der Waals surface area contributed by atoms with E-state index in [4.69, 9.17) is 9.47 Å². The molecule has 0 spiro atoms. The molecule has 0 radical (unpaired) electrons. The van der Waals surface area contributed by atoms with E-state index in [0.717, 1.165) is 51.5 Å². The smallest absolute Gasteiger partial charge is 0.319 e. The van der Waals surface area contributed by atoms with Gasteiger partial charge in [0.05, 0.1) is 30.4 Å². The average Bonchev–Trinajstić information content (AvgIpc) is 3.03. The molecule has 2 aromatic carbocycles. The van der Waals surface area contributed by atoms with Gasteiger partial charge in [-0.15, -0.1) is 0 Å². The number of ether oxygens (including phenoxy) is 2. The third kappa shape index (κ3) is 10.7. The number of aliphatic hydroxyl groups is 1. The Kier molecular flexibility index (Phi) is 13.5. The molecule has 0 unspecified atom stereocenters. The van der Waals surface area contributed by atoms with E-state index < -0.39 is 6.04 Å². The van der Waals surface area contributed by atoms with Crippen LogP contribution in [-0.4, -0.2) is 84.5 Å². The first kappa shape index (κ1) is 34.7. The van der Waals surface area contributed by atoms with Crippen LogP contribution in [0, 0.1) is 5.92 Å². The highest BCUT2D eigenvalue weighted by Gasteiger charge is 2.30. The summed E-state index contributed by atoms with van der Waals surface area (Å²) in [6, 6.07) is 15.1. The summed E-state index contributed by atoms with van der Waals surface area (Å²) in [7, 11) is 2.10. The molecule has 1 aliphatic heterocycles. The van der Waals surface area contributed by atoms with Crippen molar-refractivity contribution in [3.05, 3.63) is 59.7 Å². The number of amides is 3. The summed E-state index contributed by atoms with van der Waals surface area (Å²) >= 11 is 0. The summed E-state index contributed by atoms with van der Waals surface area (Å²) in [6.45, 7) is 8.37. The summed E-state index contributed by atoms with van der Waals surface area (Å²) < 4.78 is 12.8. The molecule has 248 valence electrons. The molecule has 0 saturated heterocycles. The number of nitrogens with zero attached hydrogens (tertiary/aromatic N) is 2. The quantitative estimate of drug-likeness (QED) is 0.330. The number of aliphatic hydroxyl groups excluding tert-OH is 1. The molecule has 2 aliphatic rings. The minimum Gasteiger partial charge on any atom is -0.490 e. The molecule has 9 nitrogen and oxygen atoms in total. The molecule has 1 heterocycles. The largest absolute Gasteiger partial charge is 0.490 e. The highest BCUT2D eigenvalue weighted by Crippen LogP contribution is 2.29. The molecule has 4 atom stereocenters. The number of rotatable bonds is 8. The third-order valence-corrected chi connectivity index (χ3v) is 9.04. The van der Waals surface area contributed by atoms with E-state index >= 15 is 0 Å². The van der Waals surface area contributed by atoms with E-state index in [-0.39, 0.29) is 42.7 Å². The standard InChI is InChI=1S/C36H54N4O5/c1-26-22-40(27(2)25-41)35(42)32-21-31(38-36(43)37-30-16-9-6-10-17-30)18-19-33(32)45-28(3)13-11-12-20-44-34(26)24-39(4)23-29-14-7-5-8-15-29/h5,7-8,14-15,18-19,21,26-28,30,34,41H,6,9-13,16-17,20,22-25H2,1-4H3,(H2,37,38,43)/t26-,27+,28-,34-/m1/s1. The third-order valence-electron chi connectivity index (χ3n) is 9.04. The van der Waals surface area contributed by atoms with Crippen LogP contribution in [0.4, 0.5) is 10.5 Å². The molecular formula is C36H54N4O5. The second-order valence-corrected chi connectivity index (χ2v) is 13.1. The number of hydrogen-bond donors (Lipinski definition) is 3. The minimum absolute atomic E-state index is 0.00464. The Balaban J connectivity index is 1.56. The first-order valence-corrected chi connectivity index (χ1v) is 16.9. The van der Waals surface area contributed by atoms with Crippen LogP contribution < -0.4 is 15.4 Å². The topological polar surface area (TPSA) is 103 Å². The summed E-state index contributed by atoms with van der Waals surface area (Å²) in [4.78, 5) is 31.2. The average molecular weight is 623 g/mol. The molecular weight excluding hydrogens is 568 g/mol. The molecule has 45 heavy (non-hydrogen) atoms. The van der Waals surface area contributed by atoms with Gasteiger partial charge in [0.15, 0.2) is 0 Å². The van der Waals surface area contributed by atoms with Crippen molar-refractivity contribution < 1.29 is 24.2 Å². The van der Waals surface area contributed by atoms with Gasteiger partial charge in [0, 0.05) is 43.9 Å². The predicted molar refractivity (Wildman–Crippen MR) is 179 cm³/mol. The van der Waals surface area contributed by atoms with Crippen molar-refractivity contribution in [2.24, 2.45) is 5.92 Å². The number of anilines is 1. The Morgan fingerprint density at radius 3 is 2.51 bits per heavy atom. The first-order chi connectivity index (χ1) is 21.7. The molecule has 0 bridgehead atoms. The van der Waals surface area contributed by atoms with Gasteiger partial charge in [-0.3, -0.25) is 9.69 Å². The second kappa shape index (κ2) is 17.5. The second-order valence-electron chi connectivity index (χ2n) is 13.1. The highest BCUT2D eigenvalue weighted by atomic mass is 16.5. The summed E-state index contributed by atoms with van der Waals surface area (Å²) in [5.41, 5.74) is 2.14. The van der Waals surface area contributed by atoms with Gasteiger partial charge in [-0.1, -0.05) is 56.5 Å². The van der Waals surface area contributed by atoms with Gasteiger partial charge < -0.3 is 30.1 Å². The number of benzene rings is 2. The maximum atomic E-state index is 14.3. The zero-order valence-corrected chi connectivity index (χ0v) is 27.7. The number of likely N-dealkylation sites (N-methyl/N-ethyl adjacent to an activating group) is 1. The van der Waals surface area contributed by atoms with E-state index in [2.05, 4.69) is 53.8 Å². The molecule has 3 amide bonds. The Morgan fingerprint density at radius 2 is 1.78 bits per heavy atom. The van der Waals surface area contributed by atoms with Crippen LogP contribution in [0.25, 0.3) is 0 Å². The highest BCUT2D eigenvalue weighted by molar-refractivity contribution is 5.99. The number of fused-ring (bicyclic) bond motifs is 1. The molecule has 9 heteroatoms. The molecule has 0 aromatic heterocycles. The Labute approximate surface area is 269 Å². The lowest BCUT2D eigenvalue weighted by molar-refractivity contribution is -0.0177. The fourth-order valence-corrected chi connectivity index (χ4v) is 6.33. The van der Waals surface area contributed by atoms with Crippen LogP contribution in [-0.2, 0) is 11.3 Å². The fourth-order valence-electron chi connectivity index (χ4n) is 6.33. The van der Waals surface area contributed by atoms with Crippen molar-refractivity contribution in [1.29, 1.82) is 0 Å². The van der Waals surface area contributed by atoms with Crippen LogP contribution in [0.2, 0.25) is 0 Å². The van der Waals surface area contributed by atoms with E-state index in [0.29, 0.717) is 36.7 Å². The van der Waals surface area contributed by atoms with Crippen LogP contribution in [0.1, 0.15) is 88.1 Å². The van der Waals surface area contributed by atoms with E-state index in [1.165, 1.54) is 12.0 Å². The van der Waals surface area contributed by atoms with Crippen molar-refractivity contribution >= 4 is 17.6 Å². The number of urea groups is 1. The minimum atomic E-state index is -0.424. The molecule has 1 saturated carbocycles. The zero-order chi connectivity index (χ0) is 32.2. The normalized spacial score (nSPS) is 23.0. The van der Waals surface area contributed by atoms with Gasteiger partial charge in [-0.05, 0) is 76.8 Å². The van der Waals surface area contributed by atoms with Crippen LogP contribution >= 0.6 is 0 Å². The van der Waals surface area contributed by atoms with Crippen LogP contribution in [0.5, 0.6) is 5.75 Å². The van der Waals surface area contributed by atoms with Gasteiger partial charge in [0.1, 0.15) is 5.75 Å². The van der Waals surface area contributed by atoms with E-state index in [1.807, 2.05) is 19.9 Å². The van der Waals surface area contributed by atoms with Crippen molar-refractivity contribution in [3.63, 3.8) is 0 Å². The van der Waals surface area contributed by atoms with Crippen LogP contribution in [0.3, 0.4) is 0 Å². The van der Waals surface area contributed by atoms with E-state index in [9.17, 15) is 14.7 Å². The van der Waals surface area contributed by atoms with Gasteiger partial charge in [-0.25, -0.2) is 4.79 Å². The summed E-state index contributed by atoms with van der Waals surface area (Å²) in [6.07, 6.45) is 7.91. The first-order valence-electron chi connectivity index (χ1n) is 16.9. The van der Waals surface area contributed by atoms with Crippen LogP contribution in [0.15, 0.2) is 48.5 Å². The molecule has 4 rings (SSSR count). The lowest BCUT2D eigenvalue weighted by Crippen LogP contribution is -2.47. The SMILES string of the molecule is C[C@@H]1CCCCO[C@H](CN(C)Cc2ccccc2)[C@H](C)CN([C@@H](C)CO)C(=O)c2cc(NC(=O)NC3CCCCC3)ccc2O1. The van der Waals surface area contributed by atoms with Crippen molar-refractivity contribution in [2.75, 3.05) is 38.7 Å². The zero-order valence-electron chi connectivity index (χ0n) is 27.7. The van der Waals surface area contributed by atoms with E-state index in [1.54, 1.807) is 23.1 Å². The fraction of sp³-hybridized carbons (Fsp3) is 0.611. The predicted octanol–water partition coefficient (Wildman–Crippen LogP) is 6.07. The summed E-state index contributed by atoms with van der Waals surface area (Å²) in [5.74, 6) is 0.242. The summed E-state index contributed by atoms with van der Waals surface area (Å²) in [5, 5.41) is 16.3. The molecule has 3 N–H and O–H groups in total. The van der Waals surface area contributed by atoms with Gasteiger partial charge >= 0.3 is 6.03 Å². The van der Waals surface area contributed by atoms with Gasteiger partial charge in [0.25, 0.3) is 5.91 Å². The molecule has 1 fully saturated rings. The Morgan fingerprint density at radius 1 is 1.04 bits per heavy atom. The Hall–Kier alpha value is -3.14. The van der Waals surface area contributed by atoms with Gasteiger partial charge in [-0.2, -0.15) is 0 Å². The number of hydrogen-bond acceptors (Lipinski definition) is 6. The Bertz CT molecular complexity index is 1210. The van der Waals surface area contributed by atoms with Gasteiger partial charge in [0.2, 0.25) is 0 Å². The number of carbonyl (C=O) groups excluding carboxylic acids is 2. The number of carbonyl (C=O) groups is 2. The van der Waals surface area contributed by atoms with Crippen molar-refractivity contribution in [1.82, 2.24) is 15.1 Å². The monoisotopic (exact) mass is 622 g/mol. The lowest BCUT2D eigenvalue weighted by Gasteiger charge is -2.36. The van der Waals surface area contributed by atoms with Crippen molar-refractivity contribution in [2.45, 2.75) is 103 Å².